The molecule has 2 amide bonds. The van der Waals surface area contributed by atoms with Crippen LogP contribution in [0.3, 0.4) is 0 Å². The summed E-state index contributed by atoms with van der Waals surface area (Å²) in [5.74, 6) is -1.08. The van der Waals surface area contributed by atoms with E-state index in [1.54, 1.807) is 60.8 Å². The lowest BCUT2D eigenvalue weighted by atomic mass is 10.0. The number of carbonyl (C=O) groups is 2. The number of carbonyl (C=O) groups excluding carboxylic acids is 2. The quantitative estimate of drug-likeness (QED) is 0.256. The smallest absolute Gasteiger partial charge is 0.272 e. The van der Waals surface area contributed by atoms with E-state index in [0.29, 0.717) is 16.3 Å². The number of nitrogens with one attached hydrogen (secondary N) is 3. The second kappa shape index (κ2) is 10.0. The molecule has 176 valence electrons. The van der Waals surface area contributed by atoms with Crippen LogP contribution < -0.4 is 16.3 Å². The summed E-state index contributed by atoms with van der Waals surface area (Å²) >= 11 is 0. The molecule has 1 heterocycles. The molecule has 0 radical (unpaired) electrons. The van der Waals surface area contributed by atoms with Crippen molar-refractivity contribution in [2.24, 2.45) is 5.10 Å². The molecule has 0 aliphatic rings. The van der Waals surface area contributed by atoms with E-state index < -0.39 is 23.4 Å². The Balaban J connectivity index is 1.48. The topological polar surface area (TPSA) is 116 Å². The molecule has 0 aliphatic carbocycles. The van der Waals surface area contributed by atoms with Crippen molar-refractivity contribution < 1.29 is 9.59 Å². The highest BCUT2D eigenvalue weighted by atomic mass is 16.2. The van der Waals surface area contributed by atoms with Gasteiger partial charge in [-0.2, -0.15) is 10.2 Å². The fourth-order valence-electron chi connectivity index (χ4n) is 4.01. The molecule has 0 saturated heterocycles. The summed E-state index contributed by atoms with van der Waals surface area (Å²) in [5, 5.41) is 16.2. The van der Waals surface area contributed by atoms with Crippen molar-refractivity contribution in [3.05, 3.63) is 124 Å². The Bertz CT molecular complexity index is 1660. The lowest BCUT2D eigenvalue weighted by Gasteiger charge is -2.18. The Morgan fingerprint density at radius 3 is 2.28 bits per heavy atom. The first-order valence-corrected chi connectivity index (χ1v) is 11.3. The van der Waals surface area contributed by atoms with Crippen molar-refractivity contribution >= 4 is 39.6 Å². The first-order valence-electron chi connectivity index (χ1n) is 11.3. The van der Waals surface area contributed by atoms with Gasteiger partial charge in [0.15, 0.2) is 6.04 Å². The Labute approximate surface area is 205 Å². The van der Waals surface area contributed by atoms with Crippen LogP contribution in [-0.4, -0.2) is 28.2 Å². The molecule has 0 fully saturated rings. The third-order valence-electron chi connectivity index (χ3n) is 5.77. The Morgan fingerprint density at radius 1 is 0.806 bits per heavy atom. The molecule has 3 N–H and O–H groups in total. The summed E-state index contributed by atoms with van der Waals surface area (Å²) in [7, 11) is 0. The average Bonchev–Trinajstić information content (AvgIpc) is 2.93. The minimum atomic E-state index is -1.22. The fourth-order valence-corrected chi connectivity index (χ4v) is 4.01. The van der Waals surface area contributed by atoms with Crippen molar-refractivity contribution in [1.82, 2.24) is 20.9 Å². The second-order valence-corrected chi connectivity index (χ2v) is 8.06. The molecule has 0 unspecified atom stereocenters. The Kier molecular flexibility index (Phi) is 6.31. The molecule has 5 rings (SSSR count). The summed E-state index contributed by atoms with van der Waals surface area (Å²) in [4.78, 5) is 38.5. The van der Waals surface area contributed by atoms with E-state index in [9.17, 15) is 14.4 Å². The molecule has 8 nitrogen and oxygen atoms in total. The van der Waals surface area contributed by atoms with Gasteiger partial charge in [-0.05, 0) is 29.0 Å². The summed E-state index contributed by atoms with van der Waals surface area (Å²) < 4.78 is 0. The first-order chi connectivity index (χ1) is 17.6. The number of aromatic nitrogens is 2. The largest absolute Gasteiger partial charge is 0.335 e. The first kappa shape index (κ1) is 22.7. The zero-order valence-corrected chi connectivity index (χ0v) is 19.0. The van der Waals surface area contributed by atoms with E-state index in [1.807, 2.05) is 42.5 Å². The van der Waals surface area contributed by atoms with Crippen LogP contribution in [0, 0.1) is 0 Å². The van der Waals surface area contributed by atoms with Crippen molar-refractivity contribution in [2.45, 2.75) is 6.04 Å². The molecule has 0 bridgehead atoms. The van der Waals surface area contributed by atoms with E-state index in [2.05, 4.69) is 26.0 Å². The van der Waals surface area contributed by atoms with E-state index in [1.165, 1.54) is 0 Å². The number of nitrogens with zero attached hydrogens (tertiary/aromatic N) is 2. The molecule has 8 heteroatoms. The lowest BCUT2D eigenvalue weighted by molar-refractivity contribution is -0.123. The Hall–Kier alpha value is -5.11. The number of fused-ring (bicyclic) bond motifs is 2. The standard InChI is InChI=1S/C28H21N5O3/c34-26(19-10-2-1-3-11-19)30-25(24-22-15-6-7-16-23(22)27(35)33-31-24)28(36)32-29-17-20-13-8-12-18-9-4-5-14-21(18)20/h1-17,25H,(H,30,34)(H,32,36)(H,33,35)/b29-17+/t25-/m0/s1. The van der Waals surface area contributed by atoms with Gasteiger partial charge in [0.2, 0.25) is 0 Å². The van der Waals surface area contributed by atoms with Crippen molar-refractivity contribution in [2.75, 3.05) is 0 Å². The maximum absolute atomic E-state index is 13.3. The van der Waals surface area contributed by atoms with Gasteiger partial charge in [-0.25, -0.2) is 10.5 Å². The van der Waals surface area contributed by atoms with Crippen LogP contribution >= 0.6 is 0 Å². The minimum Gasteiger partial charge on any atom is -0.335 e. The number of benzene rings is 4. The molecule has 1 aromatic heterocycles. The van der Waals surface area contributed by atoms with Crippen molar-refractivity contribution in [3.63, 3.8) is 0 Å². The minimum absolute atomic E-state index is 0.201. The summed E-state index contributed by atoms with van der Waals surface area (Å²) in [6.45, 7) is 0. The zero-order chi connectivity index (χ0) is 24.9. The predicted molar refractivity (Wildman–Crippen MR) is 139 cm³/mol. The van der Waals surface area contributed by atoms with Gasteiger partial charge in [0.1, 0.15) is 5.69 Å². The highest BCUT2D eigenvalue weighted by Gasteiger charge is 2.27. The highest BCUT2D eigenvalue weighted by molar-refractivity contribution is 6.01. The zero-order valence-electron chi connectivity index (χ0n) is 19.0. The third kappa shape index (κ3) is 4.60. The number of rotatable bonds is 6. The number of aromatic amines is 1. The van der Waals surface area contributed by atoms with Gasteiger partial charge in [-0.1, -0.05) is 78.9 Å². The maximum atomic E-state index is 13.3. The molecule has 36 heavy (non-hydrogen) atoms. The van der Waals surface area contributed by atoms with Gasteiger partial charge in [0.05, 0.1) is 11.6 Å². The van der Waals surface area contributed by atoms with Crippen LogP contribution in [0.1, 0.15) is 27.7 Å². The van der Waals surface area contributed by atoms with E-state index in [4.69, 9.17) is 0 Å². The predicted octanol–water partition coefficient (Wildman–Crippen LogP) is 3.70. The molecule has 4 aromatic carbocycles. The van der Waals surface area contributed by atoms with Crippen LogP contribution in [0.2, 0.25) is 0 Å². The molecule has 5 aromatic rings. The van der Waals surface area contributed by atoms with Crippen LogP contribution in [0.15, 0.2) is 107 Å². The van der Waals surface area contributed by atoms with Crippen molar-refractivity contribution in [1.29, 1.82) is 0 Å². The number of H-pyrrole nitrogens is 1. The van der Waals surface area contributed by atoms with Crippen LogP contribution in [0.4, 0.5) is 0 Å². The molecule has 1 atom stereocenters. The van der Waals surface area contributed by atoms with E-state index >= 15 is 0 Å². The normalized spacial score (nSPS) is 12.0. The lowest BCUT2D eigenvalue weighted by Crippen LogP contribution is -2.40. The second-order valence-electron chi connectivity index (χ2n) is 8.06. The van der Waals surface area contributed by atoms with E-state index in [0.717, 1.165) is 16.3 Å². The summed E-state index contributed by atoms with van der Waals surface area (Å²) in [6, 6.07) is 27.7. The SMILES string of the molecule is O=C(N[C@H](C(=O)N/N=C/c1cccc2ccccc12)c1n[nH]c(=O)c2ccccc12)c1ccccc1. The van der Waals surface area contributed by atoms with Gasteiger partial charge < -0.3 is 5.32 Å². The van der Waals surface area contributed by atoms with E-state index in [-0.39, 0.29) is 5.69 Å². The van der Waals surface area contributed by atoms with Gasteiger partial charge >= 0.3 is 0 Å². The van der Waals surface area contributed by atoms with Crippen LogP contribution in [0.25, 0.3) is 21.5 Å². The highest BCUT2D eigenvalue weighted by Crippen LogP contribution is 2.21. The van der Waals surface area contributed by atoms with Gasteiger partial charge in [-0.15, -0.1) is 0 Å². The van der Waals surface area contributed by atoms with Gasteiger partial charge in [0, 0.05) is 16.5 Å². The molecule has 0 spiro atoms. The number of amides is 2. The molecular weight excluding hydrogens is 454 g/mol. The number of hydrazone groups is 1. The van der Waals surface area contributed by atoms with Gasteiger partial charge in [-0.3, -0.25) is 14.4 Å². The number of hydrogen-bond donors (Lipinski definition) is 3. The molecule has 0 saturated carbocycles. The maximum Gasteiger partial charge on any atom is 0.272 e. The van der Waals surface area contributed by atoms with Crippen molar-refractivity contribution in [3.8, 4) is 0 Å². The summed E-state index contributed by atoms with van der Waals surface area (Å²) in [5.41, 5.74) is 3.53. The van der Waals surface area contributed by atoms with Crippen LogP contribution in [-0.2, 0) is 4.79 Å². The molecular formula is C28H21N5O3. The average molecular weight is 476 g/mol. The summed E-state index contributed by atoms with van der Waals surface area (Å²) in [6.07, 6.45) is 1.55. The van der Waals surface area contributed by atoms with Crippen LogP contribution in [0.5, 0.6) is 0 Å². The molecule has 0 aliphatic heterocycles. The Morgan fingerprint density at radius 2 is 1.47 bits per heavy atom. The fraction of sp³-hybridized carbons (Fsp3) is 0.0357. The van der Waals surface area contributed by atoms with Gasteiger partial charge in [0.25, 0.3) is 17.4 Å². The number of hydrogen-bond acceptors (Lipinski definition) is 5. The monoisotopic (exact) mass is 475 g/mol. The third-order valence-corrected chi connectivity index (χ3v) is 5.77.